The van der Waals surface area contributed by atoms with Crippen LogP contribution in [-0.2, 0) is 6.42 Å². The van der Waals surface area contributed by atoms with Crippen LogP contribution in [0.25, 0.3) is 0 Å². The Kier molecular flexibility index (Phi) is 7.06. The van der Waals surface area contributed by atoms with Gasteiger partial charge in [-0.05, 0) is 35.7 Å². The molecule has 2 aromatic carbocycles. The van der Waals surface area contributed by atoms with Crippen molar-refractivity contribution in [1.82, 2.24) is 14.9 Å². The van der Waals surface area contributed by atoms with Crippen LogP contribution in [0.5, 0.6) is 11.5 Å². The number of hydrogen-bond acceptors (Lipinski definition) is 5. The Labute approximate surface area is 173 Å². The molecular weight excluding hydrogens is 399 g/mol. The lowest BCUT2D eigenvalue weighted by Crippen LogP contribution is -2.10. The maximum absolute atomic E-state index is 6.30. The van der Waals surface area contributed by atoms with Crippen LogP contribution in [0.2, 0.25) is 10.0 Å². The van der Waals surface area contributed by atoms with Gasteiger partial charge in [-0.25, -0.2) is 4.68 Å². The quantitative estimate of drug-likeness (QED) is 0.289. The van der Waals surface area contributed by atoms with Crippen LogP contribution in [0.15, 0.2) is 66.8 Å². The minimum absolute atomic E-state index is 0.302. The molecule has 1 heterocycles. The molecule has 0 amide bonds. The normalized spacial score (nSPS) is 10.9. The van der Waals surface area contributed by atoms with Gasteiger partial charge in [0, 0.05) is 0 Å². The zero-order chi connectivity index (χ0) is 19.8. The summed E-state index contributed by atoms with van der Waals surface area (Å²) < 4.78 is 13.0. The average Bonchev–Trinajstić information content (AvgIpc) is 3.20. The number of rotatable bonds is 9. The van der Waals surface area contributed by atoms with E-state index in [9.17, 15) is 0 Å². The molecule has 0 aliphatic carbocycles. The fourth-order valence-corrected chi connectivity index (χ4v) is 3.06. The summed E-state index contributed by atoms with van der Waals surface area (Å²) in [5.41, 5.74) is 1.80. The van der Waals surface area contributed by atoms with Gasteiger partial charge in [-0.15, -0.1) is 16.8 Å². The smallest absolute Gasteiger partial charge is 0.156 e. The molecule has 0 saturated heterocycles. The summed E-state index contributed by atoms with van der Waals surface area (Å²) in [6.07, 6.45) is 7.14. The van der Waals surface area contributed by atoms with Gasteiger partial charge in [0.1, 0.15) is 31.6 Å². The molecule has 144 valence electrons. The fourth-order valence-electron chi connectivity index (χ4n) is 2.44. The largest absolute Gasteiger partial charge is 0.490 e. The highest BCUT2D eigenvalue weighted by Gasteiger charge is 2.10. The Morgan fingerprint density at radius 2 is 1.71 bits per heavy atom. The van der Waals surface area contributed by atoms with Gasteiger partial charge in [-0.3, -0.25) is 0 Å². The molecule has 28 heavy (non-hydrogen) atoms. The van der Waals surface area contributed by atoms with Crippen molar-refractivity contribution in [3.63, 3.8) is 0 Å². The number of nitrogens with zero attached hydrogens (tertiary/aromatic N) is 4. The summed E-state index contributed by atoms with van der Waals surface area (Å²) in [5.74, 6) is 1.22. The molecule has 3 rings (SSSR count). The summed E-state index contributed by atoms with van der Waals surface area (Å²) in [7, 11) is 0. The third-order valence-electron chi connectivity index (χ3n) is 3.69. The first-order valence-corrected chi connectivity index (χ1v) is 9.25. The average molecular weight is 417 g/mol. The Bertz CT molecular complexity index is 936. The summed E-state index contributed by atoms with van der Waals surface area (Å²) in [4.78, 5) is 0. The highest BCUT2D eigenvalue weighted by Crippen LogP contribution is 2.33. The van der Waals surface area contributed by atoms with Crippen LogP contribution in [-0.4, -0.2) is 34.3 Å². The number of para-hydroxylation sites is 1. The zero-order valence-electron chi connectivity index (χ0n) is 15.0. The van der Waals surface area contributed by atoms with Crippen LogP contribution in [0, 0.1) is 0 Å². The van der Waals surface area contributed by atoms with Gasteiger partial charge in [-0.2, -0.15) is 5.10 Å². The number of benzene rings is 2. The van der Waals surface area contributed by atoms with E-state index in [1.165, 1.54) is 17.3 Å². The Balaban J connectivity index is 1.58. The number of ether oxygens (including phenoxy) is 2. The van der Waals surface area contributed by atoms with E-state index in [1.54, 1.807) is 18.3 Å². The second-order valence-corrected chi connectivity index (χ2v) is 6.51. The summed E-state index contributed by atoms with van der Waals surface area (Å²) in [6.45, 7) is 4.42. The van der Waals surface area contributed by atoms with Crippen molar-refractivity contribution < 1.29 is 9.47 Å². The summed E-state index contributed by atoms with van der Waals surface area (Å²) in [5, 5.41) is 12.3. The van der Waals surface area contributed by atoms with E-state index < -0.39 is 0 Å². The Morgan fingerprint density at radius 3 is 2.43 bits per heavy atom. The van der Waals surface area contributed by atoms with Crippen molar-refractivity contribution in [3.8, 4) is 11.5 Å². The molecule has 3 aromatic rings. The molecule has 0 saturated carbocycles. The van der Waals surface area contributed by atoms with Gasteiger partial charge in [0.05, 0.1) is 16.3 Å². The standard InChI is InChI=1S/C20H18Cl2N4O2/c1-2-5-16-6-3-4-7-19(16)27-8-9-28-20-17(21)10-15(11-18(20)22)12-25-26-13-23-24-14-26/h2-4,6-7,10-14H,1,5,8-9H2. The molecule has 0 fully saturated rings. The van der Waals surface area contributed by atoms with Crippen LogP contribution in [0.4, 0.5) is 0 Å². The fraction of sp³-hybridized carbons (Fsp3) is 0.150. The molecule has 0 aliphatic rings. The number of aromatic nitrogens is 3. The van der Waals surface area contributed by atoms with Gasteiger partial charge in [-0.1, -0.05) is 47.5 Å². The highest BCUT2D eigenvalue weighted by molar-refractivity contribution is 6.37. The van der Waals surface area contributed by atoms with Gasteiger partial charge >= 0.3 is 0 Å². The molecule has 8 heteroatoms. The van der Waals surface area contributed by atoms with Crippen LogP contribution in [0.1, 0.15) is 11.1 Å². The third kappa shape index (κ3) is 5.34. The van der Waals surface area contributed by atoms with Crippen molar-refractivity contribution in [2.45, 2.75) is 6.42 Å². The zero-order valence-corrected chi connectivity index (χ0v) is 16.5. The second-order valence-electron chi connectivity index (χ2n) is 5.70. The number of allylic oxidation sites excluding steroid dienone is 1. The molecule has 0 spiro atoms. The first-order valence-electron chi connectivity index (χ1n) is 8.50. The van der Waals surface area contributed by atoms with E-state index in [2.05, 4.69) is 21.9 Å². The lowest BCUT2D eigenvalue weighted by atomic mass is 10.1. The third-order valence-corrected chi connectivity index (χ3v) is 4.25. The van der Waals surface area contributed by atoms with E-state index in [4.69, 9.17) is 32.7 Å². The van der Waals surface area contributed by atoms with Crippen molar-refractivity contribution >= 4 is 29.4 Å². The number of halogens is 2. The Morgan fingerprint density at radius 1 is 1.04 bits per heavy atom. The van der Waals surface area contributed by atoms with Crippen molar-refractivity contribution in [2.75, 3.05) is 13.2 Å². The predicted octanol–water partition coefficient (Wildman–Crippen LogP) is 4.65. The van der Waals surface area contributed by atoms with E-state index >= 15 is 0 Å². The van der Waals surface area contributed by atoms with Crippen LogP contribution in [0.3, 0.4) is 0 Å². The van der Waals surface area contributed by atoms with Crippen molar-refractivity contribution in [3.05, 3.63) is 82.9 Å². The van der Waals surface area contributed by atoms with Crippen molar-refractivity contribution in [1.29, 1.82) is 0 Å². The van der Waals surface area contributed by atoms with Crippen LogP contribution < -0.4 is 9.47 Å². The topological polar surface area (TPSA) is 61.5 Å². The molecule has 0 aliphatic heterocycles. The van der Waals surface area contributed by atoms with E-state index in [1.807, 2.05) is 30.3 Å². The maximum Gasteiger partial charge on any atom is 0.156 e. The first-order chi connectivity index (χ1) is 13.7. The van der Waals surface area contributed by atoms with E-state index in [0.29, 0.717) is 29.0 Å². The molecular formula is C20H18Cl2N4O2. The number of hydrogen-bond donors (Lipinski definition) is 0. The van der Waals surface area contributed by atoms with Crippen molar-refractivity contribution in [2.24, 2.45) is 5.10 Å². The minimum Gasteiger partial charge on any atom is -0.490 e. The summed E-state index contributed by atoms with van der Waals surface area (Å²) in [6, 6.07) is 11.3. The van der Waals surface area contributed by atoms with Crippen LogP contribution >= 0.6 is 23.2 Å². The molecule has 0 radical (unpaired) electrons. The van der Waals surface area contributed by atoms with Gasteiger partial charge < -0.3 is 9.47 Å². The lowest BCUT2D eigenvalue weighted by molar-refractivity contribution is 0.216. The predicted molar refractivity (Wildman–Crippen MR) is 111 cm³/mol. The molecule has 0 unspecified atom stereocenters. The monoisotopic (exact) mass is 416 g/mol. The molecule has 1 aromatic heterocycles. The molecule has 0 atom stereocenters. The maximum atomic E-state index is 6.30. The Hall–Kier alpha value is -2.83. The SMILES string of the molecule is C=CCc1ccccc1OCCOc1c(Cl)cc(C=Nn2cnnc2)cc1Cl. The molecule has 6 nitrogen and oxygen atoms in total. The van der Waals surface area contributed by atoms with Gasteiger partial charge in [0.25, 0.3) is 0 Å². The molecule has 0 N–H and O–H groups in total. The highest BCUT2D eigenvalue weighted by atomic mass is 35.5. The second kappa shape index (κ2) is 9.92. The first kappa shape index (κ1) is 19.9. The van der Waals surface area contributed by atoms with Gasteiger partial charge in [0.15, 0.2) is 5.75 Å². The minimum atomic E-state index is 0.302. The lowest BCUT2D eigenvalue weighted by Gasteiger charge is -2.13. The van der Waals surface area contributed by atoms with E-state index in [-0.39, 0.29) is 0 Å². The van der Waals surface area contributed by atoms with E-state index in [0.717, 1.165) is 23.3 Å². The molecule has 0 bridgehead atoms. The summed E-state index contributed by atoms with van der Waals surface area (Å²) >= 11 is 12.6. The van der Waals surface area contributed by atoms with Gasteiger partial charge in [0.2, 0.25) is 0 Å².